The van der Waals surface area contributed by atoms with Gasteiger partial charge in [0.05, 0.1) is 11.9 Å². The van der Waals surface area contributed by atoms with Crippen LogP contribution in [0.5, 0.6) is 0 Å². The van der Waals surface area contributed by atoms with Crippen LogP contribution in [0.15, 0.2) is 24.3 Å². The van der Waals surface area contributed by atoms with E-state index in [0.29, 0.717) is 0 Å². The quantitative estimate of drug-likeness (QED) is 0.163. The maximum Gasteiger partial charge on any atom is 0.355 e. The first kappa shape index (κ1) is 37.4. The predicted octanol–water partition coefficient (Wildman–Crippen LogP) is 4.37. The summed E-state index contributed by atoms with van der Waals surface area (Å²) in [6, 6.07) is 0. The summed E-state index contributed by atoms with van der Waals surface area (Å²) < 4.78 is 155. The van der Waals surface area contributed by atoms with E-state index in [0.717, 1.165) is 0 Å². The molecule has 0 spiro atoms. The predicted molar refractivity (Wildman–Crippen MR) is 111 cm³/mol. The molecule has 224 valence electrons. The summed E-state index contributed by atoms with van der Waals surface area (Å²) in [5, 5.41) is 20.0. The summed E-state index contributed by atoms with van der Waals surface area (Å²) in [4.78, 5) is 20.0. The Bertz CT molecular complexity index is 828. The zero-order valence-electron chi connectivity index (χ0n) is 20.4. The molecule has 0 radical (unpaired) electrons. The molecule has 2 aliphatic rings. The van der Waals surface area contributed by atoms with Gasteiger partial charge in [-0.05, 0) is 24.3 Å². The molecule has 0 amide bonds. The number of carbonyl (C=O) groups excluding carboxylic acids is 2. The normalized spacial score (nSPS) is 31.0. The fraction of sp³-hybridized carbons (Fsp3) is 0.727. The van der Waals surface area contributed by atoms with Crippen molar-refractivity contribution in [3.05, 3.63) is 24.3 Å². The molecule has 0 bridgehead atoms. The molecule has 0 fully saturated rings. The van der Waals surface area contributed by atoms with Crippen molar-refractivity contribution < 1.29 is 72.5 Å². The van der Waals surface area contributed by atoms with E-state index in [4.69, 9.17) is 0 Å². The van der Waals surface area contributed by atoms with Gasteiger partial charge < -0.3 is 19.8 Å². The largest absolute Gasteiger partial charge is 0.546 e. The van der Waals surface area contributed by atoms with Crippen LogP contribution in [0, 0.1) is 0 Å². The number of unbranched alkanes of at least 4 members (excludes halogenated alkanes) is 2. The average molecular weight is 699 g/mol. The van der Waals surface area contributed by atoms with Crippen LogP contribution in [-0.2, 0) is 9.59 Å². The van der Waals surface area contributed by atoms with E-state index >= 15 is 0 Å². The minimum absolute atomic E-state index is 0.149. The second kappa shape index (κ2) is 13.8. The Labute approximate surface area is 225 Å². The maximum absolute atomic E-state index is 13.0. The van der Waals surface area contributed by atoms with Gasteiger partial charge in [-0.1, -0.05) is 0 Å². The molecule has 0 aromatic carbocycles. The van der Waals surface area contributed by atoms with Crippen molar-refractivity contribution in [3.8, 4) is 0 Å². The summed E-state index contributed by atoms with van der Waals surface area (Å²) in [5.74, 6) is -28.4. The molecule has 2 rings (SSSR count). The van der Waals surface area contributed by atoms with Crippen LogP contribution < -0.4 is 10.2 Å². The molecule has 0 aliphatic heterocycles. The molecule has 39 heavy (non-hydrogen) atoms. The number of halogens is 12. The van der Waals surface area contributed by atoms with Gasteiger partial charge >= 0.3 is 93.2 Å². The standard InChI is InChI=1S/2C7H4F6O2.2C4H9.Sn/c2*8-3-1-2-5(9,4(14)15)7(12,13)6(3,10)11;2*1-3-4-2;/h2*1-3H,(H,14,15);2*1,3-4H2,2H3;/q;;;;+2/p-2. The van der Waals surface area contributed by atoms with E-state index in [1.807, 2.05) is 0 Å². The van der Waals surface area contributed by atoms with E-state index in [1.165, 1.54) is 25.7 Å². The van der Waals surface area contributed by atoms with E-state index in [-0.39, 0.29) is 33.3 Å². The Kier molecular flexibility index (Phi) is 13.3. The smallest absolute Gasteiger partial charge is 0.355 e. The number of carbonyl (C=O) groups is 2. The van der Waals surface area contributed by atoms with Gasteiger partial charge in [0, 0.05) is 0 Å². The van der Waals surface area contributed by atoms with Gasteiger partial charge in [0.25, 0.3) is 0 Å². The summed E-state index contributed by atoms with van der Waals surface area (Å²) in [6.45, 7) is 4.58. The zero-order valence-corrected chi connectivity index (χ0v) is 23.2. The fourth-order valence-electron chi connectivity index (χ4n) is 2.84. The van der Waals surface area contributed by atoms with Gasteiger partial charge in [0.1, 0.15) is 0 Å². The maximum atomic E-state index is 13.0. The third-order valence-electron chi connectivity index (χ3n) is 5.44. The van der Waals surface area contributed by atoms with Crippen LogP contribution in [-0.4, -0.2) is 80.5 Å². The van der Waals surface area contributed by atoms with Crippen molar-refractivity contribution >= 4 is 33.1 Å². The van der Waals surface area contributed by atoms with Gasteiger partial charge in [0.2, 0.25) is 11.3 Å². The molecular weight excluding hydrogens is 675 g/mol. The van der Waals surface area contributed by atoms with Crippen molar-refractivity contribution in [2.75, 3.05) is 0 Å². The minimum Gasteiger partial charge on any atom is -0.546 e. The SMILES string of the molecule is CCC[CH2][Sn+2][CH2]CCC.O=C([O-])C1(F)C=CC(F)C(F)(F)C1(F)F.O=C([O-])C1(F)C=CC(F)C(F)(F)C1(F)F. The monoisotopic (exact) mass is 700 g/mol. The van der Waals surface area contributed by atoms with Crippen molar-refractivity contribution in [2.24, 2.45) is 0 Å². The van der Waals surface area contributed by atoms with Gasteiger partial charge in [-0.3, -0.25) is 0 Å². The number of allylic oxidation sites excluding steroid dienone is 2. The zero-order chi connectivity index (χ0) is 31.1. The topological polar surface area (TPSA) is 80.3 Å². The number of hydrogen-bond acceptors (Lipinski definition) is 4. The molecule has 2 aliphatic carbocycles. The fourth-order valence-corrected chi connectivity index (χ4v) is 7.00. The van der Waals surface area contributed by atoms with Crippen molar-refractivity contribution in [1.29, 1.82) is 0 Å². The molecule has 4 atom stereocenters. The first-order chi connectivity index (χ1) is 17.6. The Hall–Kier alpha value is -1.62. The number of rotatable bonds is 8. The molecular formula is C22H24F12O4Sn. The first-order valence-corrected chi connectivity index (χ1v) is 15.3. The Balaban J connectivity index is 0.000000576. The Morgan fingerprint density at radius 2 is 0.949 bits per heavy atom. The van der Waals surface area contributed by atoms with Crippen molar-refractivity contribution in [1.82, 2.24) is 0 Å². The van der Waals surface area contributed by atoms with Crippen LogP contribution >= 0.6 is 0 Å². The van der Waals surface area contributed by atoms with E-state index in [2.05, 4.69) is 13.8 Å². The summed E-state index contributed by atoms with van der Waals surface area (Å²) in [7, 11) is 0. The van der Waals surface area contributed by atoms with Crippen LogP contribution in [0.3, 0.4) is 0 Å². The van der Waals surface area contributed by atoms with Crippen molar-refractivity contribution in [3.63, 3.8) is 0 Å². The number of aliphatic carboxylic acids is 2. The third-order valence-corrected chi connectivity index (χ3v) is 9.48. The molecule has 0 saturated carbocycles. The first-order valence-electron chi connectivity index (χ1n) is 11.3. The van der Waals surface area contributed by atoms with Gasteiger partial charge in [0.15, 0.2) is 12.3 Å². The van der Waals surface area contributed by atoms with Crippen LogP contribution in [0.2, 0.25) is 8.87 Å². The number of carboxylic acids is 2. The van der Waals surface area contributed by atoms with E-state index in [1.54, 1.807) is 8.87 Å². The van der Waals surface area contributed by atoms with E-state index in [9.17, 15) is 72.5 Å². The van der Waals surface area contributed by atoms with Gasteiger partial charge in [-0.2, -0.15) is 35.1 Å². The summed E-state index contributed by atoms with van der Waals surface area (Å²) in [5.41, 5.74) is -9.42. The second-order valence-corrected chi connectivity index (χ2v) is 12.7. The molecule has 0 N–H and O–H groups in total. The molecule has 0 heterocycles. The number of carboxylic acid groups (broad SMARTS) is 2. The molecule has 4 nitrogen and oxygen atoms in total. The average Bonchev–Trinajstić information content (AvgIpc) is 2.83. The van der Waals surface area contributed by atoms with Gasteiger partial charge in [-0.25, -0.2) is 17.6 Å². The van der Waals surface area contributed by atoms with Crippen LogP contribution in [0.4, 0.5) is 52.7 Å². The third kappa shape index (κ3) is 7.37. The molecule has 0 saturated heterocycles. The van der Waals surface area contributed by atoms with E-state index < -0.39 is 71.5 Å². The molecule has 4 unspecified atom stereocenters. The summed E-state index contributed by atoms with van der Waals surface area (Å²) >= 11 is 0.149. The molecule has 0 aromatic rings. The number of alkyl halides is 12. The van der Waals surface area contributed by atoms with Crippen LogP contribution in [0.25, 0.3) is 0 Å². The Morgan fingerprint density at radius 3 is 1.18 bits per heavy atom. The minimum atomic E-state index is -5.70. The second-order valence-electron chi connectivity index (χ2n) is 8.37. The van der Waals surface area contributed by atoms with Crippen molar-refractivity contribution in [2.45, 2.75) is 95.8 Å². The molecule has 0 aromatic heterocycles. The van der Waals surface area contributed by atoms with Gasteiger partial charge in [-0.15, -0.1) is 0 Å². The summed E-state index contributed by atoms with van der Waals surface area (Å²) in [6.07, 6.45) is -2.53. The Morgan fingerprint density at radius 1 is 0.667 bits per heavy atom. The number of hydrogen-bond donors (Lipinski definition) is 0. The molecule has 17 heteroatoms. The van der Waals surface area contributed by atoms with Crippen LogP contribution in [0.1, 0.15) is 39.5 Å².